The average molecular weight is 335 g/mol. The molecular formula is C21H21NO3. The van der Waals surface area contributed by atoms with E-state index in [-0.39, 0.29) is 11.6 Å². The number of carbonyl (C=O) groups excluding carboxylic acids is 1. The van der Waals surface area contributed by atoms with Crippen LogP contribution >= 0.6 is 0 Å². The molecule has 0 aliphatic heterocycles. The number of hydrogen-bond donors (Lipinski definition) is 1. The molecule has 0 fully saturated rings. The summed E-state index contributed by atoms with van der Waals surface area (Å²) < 4.78 is 5.34. The van der Waals surface area contributed by atoms with Gasteiger partial charge in [-0.2, -0.15) is 0 Å². The van der Waals surface area contributed by atoms with Crippen molar-refractivity contribution in [3.8, 4) is 0 Å². The highest BCUT2D eigenvalue weighted by atomic mass is 16.4. The van der Waals surface area contributed by atoms with E-state index in [1.165, 1.54) is 5.56 Å². The van der Waals surface area contributed by atoms with Gasteiger partial charge in [0.1, 0.15) is 11.1 Å². The average Bonchev–Trinajstić information content (AvgIpc) is 2.61. The van der Waals surface area contributed by atoms with Gasteiger partial charge in [-0.25, -0.2) is 4.79 Å². The molecule has 0 aliphatic rings. The lowest BCUT2D eigenvalue weighted by Crippen LogP contribution is -2.35. The van der Waals surface area contributed by atoms with Crippen LogP contribution in [0.15, 0.2) is 63.8 Å². The normalized spacial score (nSPS) is 12.1. The summed E-state index contributed by atoms with van der Waals surface area (Å²) in [6.45, 7) is 3.81. The van der Waals surface area contributed by atoms with E-state index in [0.717, 1.165) is 23.8 Å². The van der Waals surface area contributed by atoms with E-state index in [4.69, 9.17) is 4.42 Å². The van der Waals surface area contributed by atoms with E-state index >= 15 is 0 Å². The van der Waals surface area contributed by atoms with Gasteiger partial charge in [0.05, 0.1) is 0 Å². The largest absolute Gasteiger partial charge is 0.422 e. The second-order valence-electron chi connectivity index (χ2n) is 6.34. The van der Waals surface area contributed by atoms with E-state index in [9.17, 15) is 9.59 Å². The third-order valence-electron chi connectivity index (χ3n) is 4.29. The predicted octanol–water partition coefficient (Wildman–Crippen LogP) is 3.85. The number of rotatable bonds is 5. The van der Waals surface area contributed by atoms with E-state index in [1.807, 2.05) is 50.2 Å². The lowest BCUT2D eigenvalue weighted by molar-refractivity contribution is 0.0935. The van der Waals surface area contributed by atoms with Crippen molar-refractivity contribution in [2.75, 3.05) is 0 Å². The number of aryl methyl sites for hydroxylation is 2. The molecule has 3 rings (SSSR count). The second kappa shape index (κ2) is 7.34. The van der Waals surface area contributed by atoms with Crippen molar-refractivity contribution in [2.24, 2.45) is 0 Å². The first-order valence-electron chi connectivity index (χ1n) is 8.43. The molecular weight excluding hydrogens is 314 g/mol. The van der Waals surface area contributed by atoms with Gasteiger partial charge in [-0.05, 0) is 43.9 Å². The highest BCUT2D eigenvalue weighted by Crippen LogP contribution is 2.17. The van der Waals surface area contributed by atoms with Crippen molar-refractivity contribution >= 4 is 16.9 Å². The van der Waals surface area contributed by atoms with Crippen molar-refractivity contribution in [1.82, 2.24) is 5.32 Å². The monoisotopic (exact) mass is 335 g/mol. The molecule has 0 bridgehead atoms. The van der Waals surface area contributed by atoms with Crippen molar-refractivity contribution in [3.63, 3.8) is 0 Å². The zero-order valence-electron chi connectivity index (χ0n) is 14.4. The molecule has 1 N–H and O–H groups in total. The molecule has 0 saturated carbocycles. The van der Waals surface area contributed by atoms with E-state index in [2.05, 4.69) is 17.4 Å². The lowest BCUT2D eigenvalue weighted by Gasteiger charge is -2.13. The molecule has 0 unspecified atom stereocenters. The van der Waals surface area contributed by atoms with Crippen molar-refractivity contribution in [3.05, 3.63) is 81.7 Å². The van der Waals surface area contributed by atoms with Gasteiger partial charge in [-0.1, -0.05) is 48.5 Å². The summed E-state index contributed by atoms with van der Waals surface area (Å²) in [5, 5.41) is 3.64. The smallest absolute Gasteiger partial charge is 0.349 e. The van der Waals surface area contributed by atoms with Gasteiger partial charge in [0.15, 0.2) is 0 Å². The van der Waals surface area contributed by atoms with Crippen molar-refractivity contribution in [2.45, 2.75) is 32.7 Å². The fourth-order valence-corrected chi connectivity index (χ4v) is 2.85. The van der Waals surface area contributed by atoms with Crippen LogP contribution in [-0.4, -0.2) is 11.9 Å². The molecule has 0 saturated heterocycles. The molecule has 25 heavy (non-hydrogen) atoms. The number of nitrogens with one attached hydrogen (secondary N) is 1. The Kier molecular flexibility index (Phi) is 4.98. The Hall–Kier alpha value is -2.88. The van der Waals surface area contributed by atoms with Crippen LogP contribution in [0.4, 0.5) is 0 Å². The summed E-state index contributed by atoms with van der Waals surface area (Å²) in [6, 6.07) is 17.3. The molecule has 0 aliphatic carbocycles. The Bertz CT molecular complexity index is 944. The second-order valence-corrected chi connectivity index (χ2v) is 6.34. The zero-order valence-corrected chi connectivity index (χ0v) is 14.4. The van der Waals surface area contributed by atoms with Gasteiger partial charge in [0.2, 0.25) is 0 Å². The molecule has 1 atom stereocenters. The Morgan fingerprint density at radius 1 is 1.12 bits per heavy atom. The predicted molar refractivity (Wildman–Crippen MR) is 98.9 cm³/mol. The van der Waals surface area contributed by atoms with E-state index < -0.39 is 11.5 Å². The summed E-state index contributed by atoms with van der Waals surface area (Å²) in [6.07, 6.45) is 1.67. The summed E-state index contributed by atoms with van der Waals surface area (Å²) in [5.74, 6) is -0.391. The molecule has 1 amide bonds. The number of para-hydroxylation sites is 1. The summed E-state index contributed by atoms with van der Waals surface area (Å²) in [7, 11) is 0. The first kappa shape index (κ1) is 17.0. The Morgan fingerprint density at radius 2 is 1.88 bits per heavy atom. The number of benzene rings is 2. The molecule has 4 nitrogen and oxygen atoms in total. The number of carbonyl (C=O) groups is 1. The fraction of sp³-hybridized carbons (Fsp3) is 0.238. The first-order valence-corrected chi connectivity index (χ1v) is 8.43. The van der Waals surface area contributed by atoms with Crippen LogP contribution < -0.4 is 10.9 Å². The van der Waals surface area contributed by atoms with Crippen LogP contribution in [0.2, 0.25) is 0 Å². The summed E-state index contributed by atoms with van der Waals surface area (Å²) >= 11 is 0. The standard InChI is InChI=1S/C21H21NO3/c1-14-7-6-10-17-13-18(21(24)25-19(14)17)20(23)22-15(2)11-12-16-8-4-3-5-9-16/h3-10,13,15H,11-12H2,1-2H3,(H,22,23)/t15-/m1/s1. The van der Waals surface area contributed by atoms with E-state index in [0.29, 0.717) is 5.58 Å². The van der Waals surface area contributed by atoms with Gasteiger partial charge < -0.3 is 9.73 Å². The third kappa shape index (κ3) is 3.97. The number of amides is 1. The lowest BCUT2D eigenvalue weighted by atomic mass is 10.1. The van der Waals surface area contributed by atoms with Crippen LogP contribution in [0.3, 0.4) is 0 Å². The molecule has 0 radical (unpaired) electrons. The summed E-state index contributed by atoms with van der Waals surface area (Å²) in [4.78, 5) is 24.6. The molecule has 0 spiro atoms. The Morgan fingerprint density at radius 3 is 2.64 bits per heavy atom. The van der Waals surface area contributed by atoms with Crippen LogP contribution in [0.5, 0.6) is 0 Å². The minimum absolute atomic E-state index is 0.0414. The maximum absolute atomic E-state index is 12.4. The maximum Gasteiger partial charge on any atom is 0.349 e. The van der Waals surface area contributed by atoms with Crippen molar-refractivity contribution in [1.29, 1.82) is 0 Å². The van der Waals surface area contributed by atoms with Crippen molar-refractivity contribution < 1.29 is 9.21 Å². The minimum atomic E-state index is -0.602. The SMILES string of the molecule is Cc1cccc2cc(C(=O)N[C@H](C)CCc3ccccc3)c(=O)oc12. The van der Waals surface area contributed by atoms with Gasteiger partial charge in [0.25, 0.3) is 5.91 Å². The van der Waals surface area contributed by atoms with Gasteiger partial charge in [-0.15, -0.1) is 0 Å². The molecule has 3 aromatic rings. The van der Waals surface area contributed by atoms with Crippen LogP contribution in [0.25, 0.3) is 11.0 Å². The van der Waals surface area contributed by atoms with Crippen LogP contribution in [0, 0.1) is 6.92 Å². The highest BCUT2D eigenvalue weighted by molar-refractivity contribution is 5.97. The topological polar surface area (TPSA) is 59.3 Å². The third-order valence-corrected chi connectivity index (χ3v) is 4.29. The number of fused-ring (bicyclic) bond motifs is 1. The van der Waals surface area contributed by atoms with Gasteiger partial charge in [0, 0.05) is 11.4 Å². The Balaban J connectivity index is 1.71. The minimum Gasteiger partial charge on any atom is -0.422 e. The highest BCUT2D eigenvalue weighted by Gasteiger charge is 2.16. The first-order chi connectivity index (χ1) is 12.0. The van der Waals surface area contributed by atoms with Gasteiger partial charge in [-0.3, -0.25) is 4.79 Å². The quantitative estimate of drug-likeness (QED) is 0.721. The van der Waals surface area contributed by atoms with Crippen LogP contribution in [0.1, 0.15) is 34.8 Å². The number of hydrogen-bond acceptors (Lipinski definition) is 3. The molecule has 1 aromatic heterocycles. The fourth-order valence-electron chi connectivity index (χ4n) is 2.85. The Labute approximate surface area is 146 Å². The maximum atomic E-state index is 12.4. The van der Waals surface area contributed by atoms with E-state index in [1.54, 1.807) is 6.07 Å². The zero-order chi connectivity index (χ0) is 17.8. The molecule has 2 aromatic carbocycles. The molecule has 128 valence electrons. The van der Waals surface area contributed by atoms with Gasteiger partial charge >= 0.3 is 5.63 Å². The molecule has 1 heterocycles. The molecule has 4 heteroatoms. The summed E-state index contributed by atoms with van der Waals surface area (Å²) in [5.41, 5.74) is 2.07. The van der Waals surface area contributed by atoms with Crippen LogP contribution in [-0.2, 0) is 6.42 Å².